The standard InChI is InChI=1S/C16H19N5O3/c1-3-10-11(19-24-14(10)9-4-5-9)6-21-8-17-15-13(16(21)23)12(7-22)18-20(15)2/h8-9,22H,3-7H2,1-2H3. The second-order valence-corrected chi connectivity index (χ2v) is 6.20. The Balaban J connectivity index is 1.78. The van der Waals surface area contributed by atoms with Crippen molar-refractivity contribution in [1.29, 1.82) is 0 Å². The Morgan fingerprint density at radius 2 is 2.17 bits per heavy atom. The molecule has 3 heterocycles. The average molecular weight is 329 g/mol. The predicted molar refractivity (Wildman–Crippen MR) is 85.6 cm³/mol. The molecule has 1 N–H and O–H groups in total. The molecule has 1 fully saturated rings. The van der Waals surface area contributed by atoms with Gasteiger partial charge in [-0.25, -0.2) is 9.67 Å². The van der Waals surface area contributed by atoms with Gasteiger partial charge in [0.25, 0.3) is 5.56 Å². The molecular formula is C16H19N5O3. The summed E-state index contributed by atoms with van der Waals surface area (Å²) in [5.74, 6) is 1.45. The molecule has 0 aromatic carbocycles. The number of hydrogen-bond acceptors (Lipinski definition) is 6. The van der Waals surface area contributed by atoms with E-state index in [4.69, 9.17) is 4.52 Å². The molecule has 0 spiro atoms. The van der Waals surface area contributed by atoms with Gasteiger partial charge in [0.2, 0.25) is 0 Å². The molecular weight excluding hydrogens is 310 g/mol. The van der Waals surface area contributed by atoms with Gasteiger partial charge in [0.05, 0.1) is 13.2 Å². The summed E-state index contributed by atoms with van der Waals surface area (Å²) in [5.41, 5.74) is 2.45. The number of hydrogen-bond donors (Lipinski definition) is 1. The Hall–Kier alpha value is -2.48. The number of aliphatic hydroxyl groups is 1. The third-order valence-electron chi connectivity index (χ3n) is 4.56. The summed E-state index contributed by atoms with van der Waals surface area (Å²) in [6.45, 7) is 2.08. The number of aromatic nitrogens is 5. The Labute approximate surface area is 137 Å². The highest BCUT2D eigenvalue weighted by Gasteiger charge is 2.31. The molecule has 3 aromatic rings. The summed E-state index contributed by atoms with van der Waals surface area (Å²) in [5, 5.41) is 18.1. The van der Waals surface area contributed by atoms with E-state index < -0.39 is 0 Å². The monoisotopic (exact) mass is 329 g/mol. The third-order valence-corrected chi connectivity index (χ3v) is 4.56. The number of nitrogens with zero attached hydrogens (tertiary/aromatic N) is 5. The quantitative estimate of drug-likeness (QED) is 0.752. The predicted octanol–water partition coefficient (Wildman–Crippen LogP) is 1.10. The van der Waals surface area contributed by atoms with Crippen LogP contribution in [0.3, 0.4) is 0 Å². The average Bonchev–Trinajstić information content (AvgIpc) is 3.26. The minimum Gasteiger partial charge on any atom is -0.390 e. The lowest BCUT2D eigenvalue weighted by atomic mass is 10.1. The van der Waals surface area contributed by atoms with Gasteiger partial charge in [0.15, 0.2) is 5.65 Å². The molecule has 1 aliphatic carbocycles. The van der Waals surface area contributed by atoms with Crippen LogP contribution in [-0.4, -0.2) is 29.6 Å². The smallest absolute Gasteiger partial charge is 0.265 e. The second-order valence-electron chi connectivity index (χ2n) is 6.20. The van der Waals surface area contributed by atoms with Crippen molar-refractivity contribution < 1.29 is 9.63 Å². The van der Waals surface area contributed by atoms with Gasteiger partial charge in [0.1, 0.15) is 28.9 Å². The van der Waals surface area contributed by atoms with E-state index in [9.17, 15) is 9.90 Å². The van der Waals surface area contributed by atoms with E-state index in [2.05, 4.69) is 22.2 Å². The van der Waals surface area contributed by atoms with Gasteiger partial charge in [-0.2, -0.15) is 5.10 Å². The zero-order valence-electron chi connectivity index (χ0n) is 13.7. The molecule has 0 saturated heterocycles. The van der Waals surface area contributed by atoms with Crippen molar-refractivity contribution in [3.63, 3.8) is 0 Å². The van der Waals surface area contributed by atoms with E-state index in [-0.39, 0.29) is 12.2 Å². The number of fused-ring (bicyclic) bond motifs is 1. The summed E-state index contributed by atoms with van der Waals surface area (Å²) in [6, 6.07) is 0. The molecule has 8 heteroatoms. The van der Waals surface area contributed by atoms with Crippen molar-refractivity contribution >= 4 is 11.0 Å². The zero-order chi connectivity index (χ0) is 16.8. The highest BCUT2D eigenvalue weighted by atomic mass is 16.5. The fraction of sp³-hybridized carbons (Fsp3) is 0.500. The Kier molecular flexibility index (Phi) is 3.49. The van der Waals surface area contributed by atoms with Crippen molar-refractivity contribution in [1.82, 2.24) is 24.5 Å². The number of aliphatic hydroxyl groups excluding tert-OH is 1. The van der Waals surface area contributed by atoms with Crippen LogP contribution in [0.1, 0.15) is 48.4 Å². The van der Waals surface area contributed by atoms with E-state index in [1.807, 2.05) is 0 Å². The summed E-state index contributed by atoms with van der Waals surface area (Å²) >= 11 is 0. The van der Waals surface area contributed by atoms with E-state index >= 15 is 0 Å². The van der Waals surface area contributed by atoms with Crippen LogP contribution in [0.2, 0.25) is 0 Å². The van der Waals surface area contributed by atoms with Crippen LogP contribution in [0.25, 0.3) is 11.0 Å². The van der Waals surface area contributed by atoms with E-state index in [0.29, 0.717) is 29.2 Å². The van der Waals surface area contributed by atoms with Gasteiger partial charge in [-0.1, -0.05) is 12.1 Å². The third kappa shape index (κ3) is 2.25. The molecule has 0 bridgehead atoms. The molecule has 0 unspecified atom stereocenters. The topological polar surface area (TPSA) is 99.0 Å². The molecule has 8 nitrogen and oxygen atoms in total. The van der Waals surface area contributed by atoms with Crippen LogP contribution in [0.15, 0.2) is 15.6 Å². The number of rotatable bonds is 5. The van der Waals surface area contributed by atoms with E-state index in [1.165, 1.54) is 15.6 Å². The maximum absolute atomic E-state index is 12.8. The normalized spacial score (nSPS) is 14.6. The van der Waals surface area contributed by atoms with Crippen LogP contribution < -0.4 is 5.56 Å². The molecule has 3 aromatic heterocycles. The van der Waals surface area contributed by atoms with Gasteiger partial charge < -0.3 is 9.63 Å². The fourth-order valence-corrected chi connectivity index (χ4v) is 3.17. The molecule has 0 atom stereocenters. The molecule has 0 radical (unpaired) electrons. The maximum Gasteiger partial charge on any atom is 0.265 e. The summed E-state index contributed by atoms with van der Waals surface area (Å²) in [6.07, 6.45) is 4.61. The van der Waals surface area contributed by atoms with Gasteiger partial charge >= 0.3 is 0 Å². The Bertz CT molecular complexity index is 964. The van der Waals surface area contributed by atoms with Crippen LogP contribution in [0, 0.1) is 0 Å². The minimum atomic E-state index is -0.297. The summed E-state index contributed by atoms with van der Waals surface area (Å²) < 4.78 is 8.52. The van der Waals surface area contributed by atoms with Crippen LogP contribution in [0.4, 0.5) is 0 Å². The highest BCUT2D eigenvalue weighted by Crippen LogP contribution is 2.42. The van der Waals surface area contributed by atoms with Crippen molar-refractivity contribution in [3.05, 3.63) is 39.4 Å². The molecule has 1 saturated carbocycles. The van der Waals surface area contributed by atoms with Crippen molar-refractivity contribution in [2.45, 2.75) is 45.3 Å². The Morgan fingerprint density at radius 3 is 2.83 bits per heavy atom. The molecule has 1 aliphatic rings. The fourth-order valence-electron chi connectivity index (χ4n) is 3.17. The molecule has 0 aliphatic heterocycles. The first-order valence-electron chi connectivity index (χ1n) is 8.13. The van der Waals surface area contributed by atoms with Gasteiger partial charge in [-0.05, 0) is 19.3 Å². The lowest BCUT2D eigenvalue weighted by Gasteiger charge is -2.05. The summed E-state index contributed by atoms with van der Waals surface area (Å²) in [7, 11) is 1.70. The first-order valence-corrected chi connectivity index (χ1v) is 8.13. The van der Waals surface area contributed by atoms with Crippen molar-refractivity contribution in [3.8, 4) is 0 Å². The zero-order valence-corrected chi connectivity index (χ0v) is 13.7. The molecule has 0 amide bonds. The van der Waals surface area contributed by atoms with Gasteiger partial charge in [-0.3, -0.25) is 9.36 Å². The first-order chi connectivity index (χ1) is 11.6. The van der Waals surface area contributed by atoms with E-state index in [1.54, 1.807) is 7.05 Å². The Morgan fingerprint density at radius 1 is 1.38 bits per heavy atom. The molecule has 4 rings (SSSR count). The largest absolute Gasteiger partial charge is 0.390 e. The molecule has 126 valence electrons. The van der Waals surface area contributed by atoms with Gasteiger partial charge in [-0.15, -0.1) is 0 Å². The maximum atomic E-state index is 12.8. The summed E-state index contributed by atoms with van der Waals surface area (Å²) in [4.78, 5) is 17.1. The minimum absolute atomic E-state index is 0.227. The van der Waals surface area contributed by atoms with E-state index in [0.717, 1.165) is 36.3 Å². The van der Waals surface area contributed by atoms with Crippen LogP contribution >= 0.6 is 0 Å². The lowest BCUT2D eigenvalue weighted by molar-refractivity contribution is 0.277. The first kappa shape index (κ1) is 15.1. The lowest BCUT2D eigenvalue weighted by Crippen LogP contribution is -2.22. The van der Waals surface area contributed by atoms with Crippen molar-refractivity contribution in [2.75, 3.05) is 0 Å². The SMILES string of the molecule is CCc1c(Cn2cnc3c(c(CO)nn3C)c2=O)noc1C1CC1. The van der Waals surface area contributed by atoms with Crippen LogP contribution in [-0.2, 0) is 26.6 Å². The van der Waals surface area contributed by atoms with Crippen LogP contribution in [0.5, 0.6) is 0 Å². The van der Waals surface area contributed by atoms with Crippen molar-refractivity contribution in [2.24, 2.45) is 7.05 Å². The second kappa shape index (κ2) is 5.55. The molecule has 24 heavy (non-hydrogen) atoms. The number of aryl methyl sites for hydroxylation is 1. The highest BCUT2D eigenvalue weighted by molar-refractivity contribution is 5.76. The van der Waals surface area contributed by atoms with Gasteiger partial charge in [0, 0.05) is 18.5 Å².